The molecule has 0 heterocycles. The van der Waals surface area contributed by atoms with E-state index in [0.29, 0.717) is 0 Å². The van der Waals surface area contributed by atoms with Crippen LogP contribution >= 0.6 is 0 Å². The number of benzene rings is 1. The highest BCUT2D eigenvalue weighted by Crippen LogP contribution is 2.04. The van der Waals surface area contributed by atoms with E-state index >= 15 is 0 Å². The summed E-state index contributed by atoms with van der Waals surface area (Å²) >= 11 is 0. The SMILES string of the molecule is CCS(=O)(=O)CCNC(=O)NCc1ccc(C(=O)O)cc1. The van der Waals surface area contributed by atoms with Crippen molar-refractivity contribution in [2.24, 2.45) is 0 Å². The number of hydrogen-bond acceptors (Lipinski definition) is 4. The molecule has 8 heteroatoms. The van der Waals surface area contributed by atoms with Crippen molar-refractivity contribution in [3.63, 3.8) is 0 Å². The minimum Gasteiger partial charge on any atom is -0.478 e. The molecule has 116 valence electrons. The molecule has 0 bridgehead atoms. The zero-order valence-electron chi connectivity index (χ0n) is 11.6. The predicted octanol–water partition coefficient (Wildman–Crippen LogP) is 0.619. The lowest BCUT2D eigenvalue weighted by atomic mass is 10.1. The van der Waals surface area contributed by atoms with Crippen LogP contribution in [0.25, 0.3) is 0 Å². The second kappa shape index (κ2) is 7.63. The molecule has 2 amide bonds. The van der Waals surface area contributed by atoms with Gasteiger partial charge in [-0.15, -0.1) is 0 Å². The van der Waals surface area contributed by atoms with E-state index in [0.717, 1.165) is 5.56 Å². The van der Waals surface area contributed by atoms with Crippen molar-refractivity contribution < 1.29 is 23.1 Å². The van der Waals surface area contributed by atoms with E-state index in [2.05, 4.69) is 10.6 Å². The molecule has 3 N–H and O–H groups in total. The molecule has 7 nitrogen and oxygen atoms in total. The van der Waals surface area contributed by atoms with Crippen LogP contribution in [0.4, 0.5) is 4.79 Å². The van der Waals surface area contributed by atoms with Crippen LogP contribution < -0.4 is 10.6 Å². The van der Waals surface area contributed by atoms with Gasteiger partial charge in [-0.2, -0.15) is 0 Å². The van der Waals surface area contributed by atoms with Gasteiger partial charge < -0.3 is 15.7 Å². The van der Waals surface area contributed by atoms with E-state index in [9.17, 15) is 18.0 Å². The maximum atomic E-state index is 11.5. The number of sulfone groups is 1. The van der Waals surface area contributed by atoms with Crippen molar-refractivity contribution in [2.75, 3.05) is 18.1 Å². The number of hydrogen-bond donors (Lipinski definition) is 3. The molecular weight excluding hydrogens is 296 g/mol. The molecule has 0 unspecified atom stereocenters. The molecular formula is C13H18N2O5S. The number of amides is 2. The second-order valence-electron chi connectivity index (χ2n) is 4.35. The highest BCUT2D eigenvalue weighted by Gasteiger charge is 2.08. The zero-order chi connectivity index (χ0) is 15.9. The van der Waals surface area contributed by atoms with Crippen LogP contribution in [0.3, 0.4) is 0 Å². The first kappa shape index (κ1) is 17.0. The molecule has 0 aliphatic heterocycles. The van der Waals surface area contributed by atoms with Crippen LogP contribution in [0.5, 0.6) is 0 Å². The number of urea groups is 1. The number of carbonyl (C=O) groups excluding carboxylic acids is 1. The Balaban J connectivity index is 2.34. The Labute approximate surface area is 123 Å². The average molecular weight is 314 g/mol. The Morgan fingerprint density at radius 1 is 1.14 bits per heavy atom. The number of aromatic carboxylic acids is 1. The minimum absolute atomic E-state index is 0.0478. The van der Waals surface area contributed by atoms with Crippen LogP contribution in [-0.2, 0) is 16.4 Å². The number of carbonyl (C=O) groups is 2. The van der Waals surface area contributed by atoms with Gasteiger partial charge in [0.1, 0.15) is 0 Å². The summed E-state index contributed by atoms with van der Waals surface area (Å²) < 4.78 is 22.5. The summed E-state index contributed by atoms with van der Waals surface area (Å²) in [5.41, 5.74) is 0.921. The van der Waals surface area contributed by atoms with Crippen LogP contribution in [-0.4, -0.2) is 43.6 Å². The average Bonchev–Trinajstić information content (AvgIpc) is 2.45. The monoisotopic (exact) mass is 314 g/mol. The van der Waals surface area contributed by atoms with Gasteiger partial charge in [-0.3, -0.25) is 0 Å². The van der Waals surface area contributed by atoms with E-state index in [4.69, 9.17) is 5.11 Å². The summed E-state index contributed by atoms with van der Waals surface area (Å²) in [4.78, 5) is 22.1. The topological polar surface area (TPSA) is 113 Å². The zero-order valence-corrected chi connectivity index (χ0v) is 12.4. The summed E-state index contributed by atoms with van der Waals surface area (Å²) in [6.45, 7) is 1.84. The van der Waals surface area contributed by atoms with E-state index in [1.165, 1.54) is 12.1 Å². The lowest BCUT2D eigenvalue weighted by Gasteiger charge is -2.08. The molecule has 0 aromatic heterocycles. The summed E-state index contributed by atoms with van der Waals surface area (Å²) in [6.07, 6.45) is 0. The summed E-state index contributed by atoms with van der Waals surface area (Å²) in [7, 11) is -3.09. The first-order valence-electron chi connectivity index (χ1n) is 6.38. The summed E-state index contributed by atoms with van der Waals surface area (Å²) in [6, 6.07) is 5.63. The maximum Gasteiger partial charge on any atom is 0.335 e. The Hall–Kier alpha value is -2.09. The first-order chi connectivity index (χ1) is 9.84. The van der Waals surface area contributed by atoms with E-state index in [1.807, 2.05) is 0 Å². The molecule has 0 atom stereocenters. The van der Waals surface area contributed by atoms with Gasteiger partial charge in [-0.25, -0.2) is 18.0 Å². The molecule has 0 saturated heterocycles. The van der Waals surface area contributed by atoms with Crippen molar-refractivity contribution in [1.29, 1.82) is 0 Å². The van der Waals surface area contributed by atoms with Crippen molar-refractivity contribution in [3.05, 3.63) is 35.4 Å². The smallest absolute Gasteiger partial charge is 0.335 e. The van der Waals surface area contributed by atoms with Crippen LogP contribution in [0, 0.1) is 0 Å². The fourth-order valence-corrected chi connectivity index (χ4v) is 2.18. The lowest BCUT2D eigenvalue weighted by Crippen LogP contribution is -2.37. The molecule has 0 radical (unpaired) electrons. The maximum absolute atomic E-state index is 11.5. The Kier molecular flexibility index (Phi) is 6.16. The first-order valence-corrected chi connectivity index (χ1v) is 8.20. The van der Waals surface area contributed by atoms with Crippen molar-refractivity contribution in [2.45, 2.75) is 13.5 Å². The largest absolute Gasteiger partial charge is 0.478 e. The highest BCUT2D eigenvalue weighted by atomic mass is 32.2. The summed E-state index contributed by atoms with van der Waals surface area (Å²) in [5, 5.41) is 13.8. The molecule has 0 aliphatic carbocycles. The minimum atomic E-state index is -3.09. The molecule has 1 rings (SSSR count). The van der Waals surface area contributed by atoms with E-state index in [-0.39, 0.29) is 30.2 Å². The van der Waals surface area contributed by atoms with Gasteiger partial charge in [0.2, 0.25) is 0 Å². The van der Waals surface area contributed by atoms with Crippen LogP contribution in [0.2, 0.25) is 0 Å². The third-order valence-corrected chi connectivity index (χ3v) is 4.50. The van der Waals surface area contributed by atoms with Gasteiger partial charge in [0.05, 0.1) is 11.3 Å². The van der Waals surface area contributed by atoms with Crippen molar-refractivity contribution >= 4 is 21.8 Å². The Morgan fingerprint density at radius 3 is 2.29 bits per heavy atom. The normalized spacial score (nSPS) is 10.9. The third kappa shape index (κ3) is 6.26. The molecule has 0 aliphatic rings. The van der Waals surface area contributed by atoms with Gasteiger partial charge >= 0.3 is 12.0 Å². The second-order valence-corrected chi connectivity index (χ2v) is 6.82. The van der Waals surface area contributed by atoms with Gasteiger partial charge in [0.15, 0.2) is 9.84 Å². The lowest BCUT2D eigenvalue weighted by molar-refractivity contribution is 0.0697. The molecule has 0 fully saturated rings. The molecule has 1 aromatic carbocycles. The number of carboxylic acid groups (broad SMARTS) is 1. The molecule has 0 spiro atoms. The fraction of sp³-hybridized carbons (Fsp3) is 0.385. The van der Waals surface area contributed by atoms with Gasteiger partial charge in [0.25, 0.3) is 0 Å². The predicted molar refractivity (Wildman–Crippen MR) is 78.0 cm³/mol. The number of carboxylic acids is 1. The Morgan fingerprint density at radius 2 is 1.76 bits per heavy atom. The number of rotatable bonds is 7. The van der Waals surface area contributed by atoms with Crippen molar-refractivity contribution in [1.82, 2.24) is 10.6 Å². The van der Waals surface area contributed by atoms with Gasteiger partial charge in [-0.05, 0) is 17.7 Å². The fourth-order valence-electron chi connectivity index (χ4n) is 1.47. The van der Waals surface area contributed by atoms with Crippen molar-refractivity contribution in [3.8, 4) is 0 Å². The van der Waals surface area contributed by atoms with Gasteiger partial charge in [0, 0.05) is 18.8 Å². The molecule has 1 aromatic rings. The van der Waals surface area contributed by atoms with E-state index in [1.54, 1.807) is 19.1 Å². The quantitative estimate of drug-likeness (QED) is 0.683. The molecule has 0 saturated carbocycles. The van der Waals surface area contributed by atoms with E-state index < -0.39 is 21.8 Å². The Bertz CT molecular complexity index is 595. The third-order valence-electron chi connectivity index (χ3n) is 2.79. The van der Waals surface area contributed by atoms with Crippen LogP contribution in [0.15, 0.2) is 24.3 Å². The van der Waals surface area contributed by atoms with Gasteiger partial charge in [-0.1, -0.05) is 19.1 Å². The highest BCUT2D eigenvalue weighted by molar-refractivity contribution is 7.91. The standard InChI is InChI=1S/C13H18N2O5S/c1-2-21(19,20)8-7-14-13(18)15-9-10-3-5-11(6-4-10)12(16)17/h3-6H,2,7-9H2,1H3,(H,16,17)(H2,14,15,18). The summed E-state index contributed by atoms with van der Waals surface area (Å²) in [5.74, 6) is -1.06. The van der Waals surface area contributed by atoms with Crippen LogP contribution in [0.1, 0.15) is 22.8 Å². The molecule has 21 heavy (non-hydrogen) atoms. The number of nitrogens with one attached hydrogen (secondary N) is 2.